The van der Waals surface area contributed by atoms with Crippen LogP contribution in [0.15, 0.2) is 115 Å². The number of ether oxygens (including phenoxy) is 1. The van der Waals surface area contributed by atoms with Crippen LogP contribution < -0.4 is 36.4 Å². The number of halogens is 1. The first-order valence-corrected chi connectivity index (χ1v) is 15.5. The number of hydrogen-bond acceptors (Lipinski definition) is 5. The molecule has 0 aromatic heterocycles. The summed E-state index contributed by atoms with van der Waals surface area (Å²) >= 11 is -2.70. The molecule has 7 heteroatoms. The Labute approximate surface area is 198 Å². The van der Waals surface area contributed by atoms with Crippen LogP contribution in [0.25, 0.3) is 0 Å². The second-order valence-corrected chi connectivity index (χ2v) is 15.3. The average molecular weight is 527 g/mol. The van der Waals surface area contributed by atoms with Crippen molar-refractivity contribution < 1.29 is 33.6 Å². The molecule has 0 radical (unpaired) electrons. The van der Waals surface area contributed by atoms with Crippen LogP contribution in [0.5, 0.6) is 5.75 Å². The van der Waals surface area contributed by atoms with E-state index in [4.69, 9.17) is 23.4 Å². The van der Waals surface area contributed by atoms with Crippen LogP contribution in [0.1, 0.15) is 5.56 Å². The topological polar surface area (TPSA) is 101 Å². The van der Waals surface area contributed by atoms with Gasteiger partial charge in [-0.25, -0.2) is 18.6 Å². The molecule has 0 saturated heterocycles. The van der Waals surface area contributed by atoms with Gasteiger partial charge >= 0.3 is 170 Å². The monoisotopic (exact) mass is 526 g/mol. The summed E-state index contributed by atoms with van der Waals surface area (Å²) in [4.78, 5) is 0. The molecule has 0 spiro atoms. The maximum atomic E-state index is 8.49. The molecule has 4 rings (SSSR count). The van der Waals surface area contributed by atoms with E-state index in [1.165, 1.54) is 18.6 Å². The van der Waals surface area contributed by atoms with Crippen molar-refractivity contribution in [3.05, 3.63) is 121 Å². The second-order valence-electron chi connectivity index (χ2n) is 7.20. The standard InChI is InChI=1S/C26H24AsO.ClHO4/c1-28-26-19-17-22(18-20-26)21-27(23-11-5-2-6-12-23,24-13-7-3-8-14-24)25-15-9-4-10-16-25;2-1(3,4)5/h2-20H,21H2,1H3;(H,2,3,4,5)/q+1;/p-1. The van der Waals surface area contributed by atoms with E-state index in [-0.39, 0.29) is 0 Å². The molecule has 4 aromatic carbocycles. The maximum absolute atomic E-state index is 8.49. The zero-order chi connectivity index (χ0) is 23.7. The van der Waals surface area contributed by atoms with E-state index in [9.17, 15) is 0 Å². The summed E-state index contributed by atoms with van der Waals surface area (Å²) in [5.74, 6) is 0.902. The first-order valence-electron chi connectivity index (χ1n) is 10.1. The molecular formula is C26H24AsClO5. The molecule has 0 amide bonds. The number of rotatable bonds is 6. The van der Waals surface area contributed by atoms with Crippen LogP contribution in [-0.2, 0) is 5.21 Å². The molecule has 170 valence electrons. The predicted molar refractivity (Wildman–Crippen MR) is 121 cm³/mol. The molecule has 0 fully saturated rings. The number of methoxy groups -OCH3 is 1. The molecule has 0 aliphatic carbocycles. The second kappa shape index (κ2) is 11.5. The molecule has 4 aromatic rings. The summed E-state index contributed by atoms with van der Waals surface area (Å²) in [6.45, 7) is 0. The largest absolute Gasteiger partial charge is 0.222 e. The van der Waals surface area contributed by atoms with Gasteiger partial charge in [0.15, 0.2) is 0 Å². The predicted octanol–water partition coefficient (Wildman–Crippen LogP) is -0.809. The van der Waals surface area contributed by atoms with Crippen molar-refractivity contribution in [2.24, 2.45) is 0 Å². The van der Waals surface area contributed by atoms with Gasteiger partial charge < -0.3 is 0 Å². The summed E-state index contributed by atoms with van der Waals surface area (Å²) < 4.78 is 43.7. The molecule has 0 heterocycles. The van der Waals surface area contributed by atoms with E-state index in [1.807, 2.05) is 0 Å². The van der Waals surface area contributed by atoms with Gasteiger partial charge in [-0.1, -0.05) is 0 Å². The summed E-state index contributed by atoms with van der Waals surface area (Å²) in [6, 6.07) is 41.8. The number of benzene rings is 4. The minimum absolute atomic E-state index is 0.902. The molecule has 0 unspecified atom stereocenters. The molecular weight excluding hydrogens is 503 g/mol. The normalized spacial score (nSPS) is 11.3. The summed E-state index contributed by atoms with van der Waals surface area (Å²) in [7, 11) is -3.23. The van der Waals surface area contributed by atoms with Gasteiger partial charge in [0, 0.05) is 0 Å². The van der Waals surface area contributed by atoms with Gasteiger partial charge in [-0.2, -0.15) is 0 Å². The number of hydrogen-bond donors (Lipinski definition) is 0. The van der Waals surface area contributed by atoms with Crippen LogP contribution in [0, 0.1) is 10.2 Å². The molecule has 0 bridgehead atoms. The Morgan fingerprint density at radius 3 is 1.21 bits per heavy atom. The SMILES string of the molecule is COc1ccc(C[As+](c2ccccc2)(c2ccccc2)c2ccccc2)cc1.[O-][Cl+3]([O-])([O-])[O-]. The van der Waals surface area contributed by atoms with Crippen LogP contribution in [0.4, 0.5) is 0 Å². The molecule has 0 aliphatic heterocycles. The van der Waals surface area contributed by atoms with Crippen LogP contribution in [0.2, 0.25) is 0 Å². The fourth-order valence-electron chi connectivity index (χ4n) is 3.77. The van der Waals surface area contributed by atoms with E-state index < -0.39 is 23.8 Å². The third-order valence-electron chi connectivity index (χ3n) is 5.17. The molecule has 0 saturated carbocycles. The molecule has 5 nitrogen and oxygen atoms in total. The fraction of sp³-hybridized carbons (Fsp3) is 0.0769. The van der Waals surface area contributed by atoms with E-state index >= 15 is 0 Å². The summed E-state index contributed by atoms with van der Waals surface area (Å²) in [6.07, 6.45) is 0. The van der Waals surface area contributed by atoms with Gasteiger partial charge in [0.05, 0.1) is 0 Å². The molecule has 0 N–H and O–H groups in total. The van der Waals surface area contributed by atoms with Gasteiger partial charge in [0.2, 0.25) is 0 Å². The van der Waals surface area contributed by atoms with Gasteiger partial charge in [0.1, 0.15) is 0 Å². The first kappa shape index (κ1) is 25.0. The smallest absolute Gasteiger partial charge is 0.112 e. The Morgan fingerprint density at radius 1 is 0.576 bits per heavy atom. The summed E-state index contributed by atoms with van der Waals surface area (Å²) in [5, 5.41) is 1.04. The van der Waals surface area contributed by atoms with Crippen molar-refractivity contribution >= 4 is 26.6 Å². The average Bonchev–Trinajstić information content (AvgIpc) is 2.83. The van der Waals surface area contributed by atoms with E-state index in [0.29, 0.717) is 0 Å². The van der Waals surface area contributed by atoms with Gasteiger partial charge in [-0.05, 0) is 0 Å². The van der Waals surface area contributed by atoms with E-state index in [0.717, 1.165) is 11.0 Å². The Hall–Kier alpha value is -2.63. The first-order chi connectivity index (χ1) is 15.8. The van der Waals surface area contributed by atoms with Crippen LogP contribution in [0.3, 0.4) is 0 Å². The summed E-state index contributed by atoms with van der Waals surface area (Å²) in [5.41, 5.74) is 1.35. The molecule has 33 heavy (non-hydrogen) atoms. The maximum Gasteiger partial charge on any atom is -0.112 e. The zero-order valence-electron chi connectivity index (χ0n) is 18.0. The fourth-order valence-corrected chi connectivity index (χ4v) is 12.7. The van der Waals surface area contributed by atoms with E-state index in [2.05, 4.69) is 115 Å². The Kier molecular flexibility index (Phi) is 8.70. The molecule has 0 atom stereocenters. The van der Waals surface area contributed by atoms with Crippen molar-refractivity contribution in [3.8, 4) is 5.75 Å². The minimum Gasteiger partial charge on any atom is -0.222 e. The van der Waals surface area contributed by atoms with E-state index in [1.54, 1.807) is 7.11 Å². The van der Waals surface area contributed by atoms with Crippen molar-refractivity contribution in [2.45, 2.75) is 5.21 Å². The van der Waals surface area contributed by atoms with Gasteiger partial charge in [-0.15, -0.1) is 10.2 Å². The van der Waals surface area contributed by atoms with Crippen LogP contribution in [-0.4, -0.2) is 20.7 Å². The van der Waals surface area contributed by atoms with Crippen molar-refractivity contribution in [3.63, 3.8) is 0 Å². The van der Waals surface area contributed by atoms with Crippen molar-refractivity contribution in [1.29, 1.82) is 0 Å². The molecule has 0 aliphatic rings. The van der Waals surface area contributed by atoms with Gasteiger partial charge in [-0.3, -0.25) is 0 Å². The zero-order valence-corrected chi connectivity index (χ0v) is 20.7. The van der Waals surface area contributed by atoms with Crippen LogP contribution >= 0.6 is 0 Å². The Bertz CT molecular complexity index is 1000. The minimum atomic E-state index is -4.94. The third kappa shape index (κ3) is 6.92. The Morgan fingerprint density at radius 2 is 0.909 bits per heavy atom. The third-order valence-corrected chi connectivity index (χ3v) is 14.4. The van der Waals surface area contributed by atoms with Crippen molar-refractivity contribution in [2.75, 3.05) is 7.11 Å². The van der Waals surface area contributed by atoms with Crippen molar-refractivity contribution in [1.82, 2.24) is 0 Å². The Balaban J connectivity index is 0.000000555. The van der Waals surface area contributed by atoms with Gasteiger partial charge in [0.25, 0.3) is 0 Å². The quantitative estimate of drug-likeness (QED) is 0.306.